The van der Waals surface area contributed by atoms with Gasteiger partial charge in [0, 0.05) is 17.3 Å². The number of rotatable bonds is 3. The van der Waals surface area contributed by atoms with E-state index < -0.39 is 15.6 Å². The molecular weight excluding hydrogens is 288 g/mol. The SMILES string of the molecule is Cc1c(N)cc(Cl)cc1S(=O)(=O)NC1(C)CCOC1. The average Bonchev–Trinajstić information content (AvgIpc) is 2.68. The number of nitrogen functional groups attached to an aromatic ring is 1. The summed E-state index contributed by atoms with van der Waals surface area (Å²) in [4.78, 5) is 0.116. The molecule has 2 rings (SSSR count). The number of nitrogens with one attached hydrogen (secondary N) is 1. The zero-order valence-electron chi connectivity index (χ0n) is 10.9. The van der Waals surface area contributed by atoms with Crippen LogP contribution >= 0.6 is 11.6 Å². The molecular formula is C12H17ClN2O3S. The maximum absolute atomic E-state index is 12.4. The lowest BCUT2D eigenvalue weighted by atomic mass is 10.0. The van der Waals surface area contributed by atoms with Crippen LogP contribution < -0.4 is 10.5 Å². The second-order valence-electron chi connectivity index (χ2n) is 5.09. The van der Waals surface area contributed by atoms with Gasteiger partial charge in [-0.05, 0) is 38.0 Å². The highest BCUT2D eigenvalue weighted by Crippen LogP contribution is 2.28. The molecule has 0 aliphatic carbocycles. The van der Waals surface area contributed by atoms with Gasteiger partial charge in [-0.25, -0.2) is 13.1 Å². The van der Waals surface area contributed by atoms with Crippen molar-refractivity contribution in [1.82, 2.24) is 4.72 Å². The summed E-state index contributed by atoms with van der Waals surface area (Å²) >= 11 is 5.88. The van der Waals surface area contributed by atoms with Crippen LogP contribution in [0.5, 0.6) is 0 Å². The molecule has 7 heteroatoms. The molecule has 19 heavy (non-hydrogen) atoms. The molecule has 0 saturated carbocycles. The number of sulfonamides is 1. The topological polar surface area (TPSA) is 81.4 Å². The minimum absolute atomic E-state index is 0.116. The highest BCUT2D eigenvalue weighted by molar-refractivity contribution is 7.89. The first-order chi connectivity index (χ1) is 8.73. The molecule has 1 aliphatic rings. The maximum Gasteiger partial charge on any atom is 0.241 e. The van der Waals surface area contributed by atoms with Gasteiger partial charge in [-0.15, -0.1) is 0 Å². The largest absolute Gasteiger partial charge is 0.398 e. The summed E-state index contributed by atoms with van der Waals surface area (Å²) in [6.45, 7) is 4.39. The second-order valence-corrected chi connectivity index (χ2v) is 7.17. The zero-order chi connectivity index (χ0) is 14.3. The first kappa shape index (κ1) is 14.6. The number of hydrogen-bond donors (Lipinski definition) is 2. The molecule has 0 amide bonds. The molecule has 1 atom stereocenters. The standard InChI is InChI=1S/C12H17ClN2O3S/c1-8-10(14)5-9(13)6-11(8)19(16,17)15-12(2)3-4-18-7-12/h5-6,15H,3-4,7,14H2,1-2H3. The smallest absolute Gasteiger partial charge is 0.241 e. The Kier molecular flexibility index (Phi) is 3.79. The Hall–Kier alpha value is -0.820. The van der Waals surface area contributed by atoms with E-state index in [1.807, 2.05) is 6.92 Å². The molecule has 1 unspecified atom stereocenters. The molecule has 1 heterocycles. The number of ether oxygens (including phenoxy) is 1. The third kappa shape index (κ3) is 3.02. The van der Waals surface area contributed by atoms with Crippen molar-refractivity contribution in [1.29, 1.82) is 0 Å². The molecule has 1 aliphatic heterocycles. The van der Waals surface area contributed by atoms with E-state index in [9.17, 15) is 8.42 Å². The highest BCUT2D eigenvalue weighted by atomic mass is 35.5. The lowest BCUT2D eigenvalue weighted by molar-refractivity contribution is 0.178. The summed E-state index contributed by atoms with van der Waals surface area (Å²) in [6, 6.07) is 2.95. The van der Waals surface area contributed by atoms with E-state index in [4.69, 9.17) is 22.1 Å². The molecule has 1 saturated heterocycles. The number of nitrogens with two attached hydrogens (primary N) is 1. The van der Waals surface area contributed by atoms with Crippen molar-refractivity contribution in [2.24, 2.45) is 0 Å². The minimum Gasteiger partial charge on any atom is -0.398 e. The van der Waals surface area contributed by atoms with E-state index in [-0.39, 0.29) is 4.90 Å². The van der Waals surface area contributed by atoms with Gasteiger partial charge in [0.05, 0.1) is 17.0 Å². The van der Waals surface area contributed by atoms with Gasteiger partial charge in [-0.3, -0.25) is 0 Å². The fourth-order valence-electron chi connectivity index (χ4n) is 2.08. The van der Waals surface area contributed by atoms with Crippen LogP contribution in [-0.2, 0) is 14.8 Å². The van der Waals surface area contributed by atoms with E-state index in [0.29, 0.717) is 35.9 Å². The average molecular weight is 305 g/mol. The zero-order valence-corrected chi connectivity index (χ0v) is 12.4. The molecule has 3 N–H and O–H groups in total. The number of halogens is 1. The van der Waals surface area contributed by atoms with Crippen LogP contribution in [0.3, 0.4) is 0 Å². The molecule has 1 aromatic rings. The molecule has 5 nitrogen and oxygen atoms in total. The predicted octanol–water partition coefficient (Wildman–Crippen LogP) is 1.69. The van der Waals surface area contributed by atoms with E-state index >= 15 is 0 Å². The monoisotopic (exact) mass is 304 g/mol. The van der Waals surface area contributed by atoms with Crippen LogP contribution in [0.1, 0.15) is 18.9 Å². The summed E-state index contributed by atoms with van der Waals surface area (Å²) < 4.78 is 32.8. The molecule has 1 fully saturated rings. The van der Waals surface area contributed by atoms with Gasteiger partial charge in [-0.1, -0.05) is 11.6 Å². The van der Waals surface area contributed by atoms with Crippen molar-refractivity contribution in [3.63, 3.8) is 0 Å². The fourth-order valence-corrected chi connectivity index (χ4v) is 4.09. The molecule has 0 spiro atoms. The fraction of sp³-hybridized carbons (Fsp3) is 0.500. The first-order valence-electron chi connectivity index (χ1n) is 5.91. The molecule has 106 valence electrons. The minimum atomic E-state index is -3.67. The van der Waals surface area contributed by atoms with Gasteiger partial charge in [-0.2, -0.15) is 0 Å². The van der Waals surface area contributed by atoms with Crippen LogP contribution in [0.15, 0.2) is 17.0 Å². The van der Waals surface area contributed by atoms with Gasteiger partial charge >= 0.3 is 0 Å². The van der Waals surface area contributed by atoms with Gasteiger partial charge in [0.1, 0.15) is 0 Å². The van der Waals surface area contributed by atoms with Crippen LogP contribution in [0.2, 0.25) is 5.02 Å². The maximum atomic E-state index is 12.4. The first-order valence-corrected chi connectivity index (χ1v) is 7.77. The van der Waals surface area contributed by atoms with E-state index in [1.165, 1.54) is 12.1 Å². The second kappa shape index (κ2) is 4.94. The number of hydrogen-bond acceptors (Lipinski definition) is 4. The Morgan fingerprint density at radius 3 is 2.74 bits per heavy atom. The van der Waals surface area contributed by atoms with Crippen LogP contribution in [-0.4, -0.2) is 27.2 Å². The normalized spacial score (nSPS) is 23.7. The third-order valence-corrected chi connectivity index (χ3v) is 5.24. The van der Waals surface area contributed by atoms with E-state index in [1.54, 1.807) is 6.92 Å². The van der Waals surface area contributed by atoms with Crippen LogP contribution in [0.4, 0.5) is 5.69 Å². The van der Waals surface area contributed by atoms with Crippen molar-refractivity contribution in [3.8, 4) is 0 Å². The molecule has 0 aromatic heterocycles. The van der Waals surface area contributed by atoms with Crippen LogP contribution in [0.25, 0.3) is 0 Å². The Bertz CT molecular complexity index is 595. The third-order valence-electron chi connectivity index (χ3n) is 3.25. The molecule has 0 bridgehead atoms. The van der Waals surface area contributed by atoms with Crippen molar-refractivity contribution in [2.45, 2.75) is 30.7 Å². The van der Waals surface area contributed by atoms with E-state index in [0.717, 1.165) is 0 Å². The summed E-state index contributed by atoms with van der Waals surface area (Å²) in [5.41, 5.74) is 6.04. The highest BCUT2D eigenvalue weighted by Gasteiger charge is 2.35. The van der Waals surface area contributed by atoms with Crippen LogP contribution in [0, 0.1) is 6.92 Å². The predicted molar refractivity (Wildman–Crippen MR) is 74.8 cm³/mol. The van der Waals surface area contributed by atoms with Crippen molar-refractivity contribution in [3.05, 3.63) is 22.7 Å². The number of anilines is 1. The van der Waals surface area contributed by atoms with Gasteiger partial charge in [0.2, 0.25) is 10.0 Å². The lowest BCUT2D eigenvalue weighted by Gasteiger charge is -2.24. The Morgan fingerprint density at radius 1 is 1.47 bits per heavy atom. The lowest BCUT2D eigenvalue weighted by Crippen LogP contribution is -2.46. The summed E-state index contributed by atoms with van der Waals surface area (Å²) in [6.07, 6.45) is 0.640. The van der Waals surface area contributed by atoms with Crippen molar-refractivity contribution < 1.29 is 13.2 Å². The number of benzene rings is 1. The Balaban J connectivity index is 2.40. The van der Waals surface area contributed by atoms with E-state index in [2.05, 4.69) is 4.72 Å². The van der Waals surface area contributed by atoms with Crippen molar-refractivity contribution in [2.75, 3.05) is 18.9 Å². The summed E-state index contributed by atoms with van der Waals surface area (Å²) in [5, 5.41) is 0.302. The van der Waals surface area contributed by atoms with Gasteiger partial charge < -0.3 is 10.5 Å². The Morgan fingerprint density at radius 2 is 2.16 bits per heavy atom. The quantitative estimate of drug-likeness (QED) is 0.833. The summed E-state index contributed by atoms with van der Waals surface area (Å²) in [5.74, 6) is 0. The van der Waals surface area contributed by atoms with Gasteiger partial charge in [0.25, 0.3) is 0 Å². The van der Waals surface area contributed by atoms with Crippen molar-refractivity contribution >= 4 is 27.3 Å². The van der Waals surface area contributed by atoms with Gasteiger partial charge in [0.15, 0.2) is 0 Å². The molecule has 0 radical (unpaired) electrons. The summed E-state index contributed by atoms with van der Waals surface area (Å²) in [7, 11) is -3.67. The molecule has 1 aromatic carbocycles. The Labute approximate surface area is 118 Å².